The first-order valence-corrected chi connectivity index (χ1v) is 7.19. The van der Waals surface area contributed by atoms with Gasteiger partial charge in [0, 0.05) is 10.0 Å². The van der Waals surface area contributed by atoms with Crippen molar-refractivity contribution >= 4 is 44.0 Å². The highest BCUT2D eigenvalue weighted by atomic mass is 79.9. The summed E-state index contributed by atoms with van der Waals surface area (Å²) in [5.74, 6) is -0.663. The minimum absolute atomic E-state index is 0.316. The summed E-state index contributed by atoms with van der Waals surface area (Å²) in [6.45, 7) is 0. The molecule has 0 aliphatic carbocycles. The Bertz CT molecular complexity index is 674. The first-order valence-electron chi connectivity index (χ1n) is 5.60. The highest BCUT2D eigenvalue weighted by Gasteiger charge is 2.04. The van der Waals surface area contributed by atoms with Crippen molar-refractivity contribution in [3.8, 4) is 0 Å². The van der Waals surface area contributed by atoms with Gasteiger partial charge in [0.25, 0.3) is 5.91 Å². The molecule has 0 saturated carbocycles. The smallest absolute Gasteiger partial charge is 0.267 e. The summed E-state index contributed by atoms with van der Waals surface area (Å²) in [5, 5.41) is 3.84. The lowest BCUT2D eigenvalue weighted by atomic mass is 10.2. The van der Waals surface area contributed by atoms with E-state index in [1.165, 1.54) is 12.3 Å². The molecule has 102 valence electrons. The van der Waals surface area contributed by atoms with Crippen molar-refractivity contribution < 1.29 is 9.18 Å². The third kappa shape index (κ3) is 3.98. The SMILES string of the molecule is O=C(NN=Cc1ccc(F)c(Br)c1)c1cccc(Br)c1. The maximum Gasteiger partial charge on any atom is 0.271 e. The molecule has 20 heavy (non-hydrogen) atoms. The second-order valence-corrected chi connectivity index (χ2v) is 5.65. The first kappa shape index (κ1) is 14.9. The largest absolute Gasteiger partial charge is 0.271 e. The fraction of sp³-hybridized carbons (Fsp3) is 0. The van der Waals surface area contributed by atoms with Gasteiger partial charge in [-0.1, -0.05) is 28.1 Å². The van der Waals surface area contributed by atoms with Crippen molar-refractivity contribution in [2.24, 2.45) is 5.10 Å². The Morgan fingerprint density at radius 1 is 1.20 bits per heavy atom. The molecule has 0 saturated heterocycles. The molecule has 0 aliphatic heterocycles. The molecular formula is C14H9Br2FN2O. The lowest BCUT2D eigenvalue weighted by Gasteiger charge is -2.00. The monoisotopic (exact) mass is 398 g/mol. The van der Waals surface area contributed by atoms with E-state index in [1.807, 2.05) is 6.07 Å². The zero-order valence-electron chi connectivity index (χ0n) is 10.1. The number of benzene rings is 2. The molecule has 2 aromatic rings. The molecule has 0 aliphatic rings. The van der Waals surface area contributed by atoms with Crippen LogP contribution in [0.3, 0.4) is 0 Å². The Kier molecular flexibility index (Phi) is 5.03. The summed E-state index contributed by atoms with van der Waals surface area (Å²) in [6, 6.07) is 11.4. The zero-order valence-corrected chi connectivity index (χ0v) is 13.3. The van der Waals surface area contributed by atoms with E-state index in [0.29, 0.717) is 15.6 Å². The standard InChI is InChI=1S/C14H9Br2FN2O/c15-11-3-1-2-10(7-11)14(20)19-18-8-9-4-5-13(17)12(16)6-9/h1-8H,(H,19,20). The number of hydrazone groups is 1. The Morgan fingerprint density at radius 2 is 2.00 bits per heavy atom. The van der Waals surface area contributed by atoms with Crippen LogP contribution in [-0.2, 0) is 0 Å². The molecule has 2 aromatic carbocycles. The van der Waals surface area contributed by atoms with Gasteiger partial charge in [-0.15, -0.1) is 0 Å². The van der Waals surface area contributed by atoms with E-state index in [1.54, 1.807) is 30.3 Å². The van der Waals surface area contributed by atoms with Gasteiger partial charge in [0.15, 0.2) is 0 Å². The molecule has 1 N–H and O–H groups in total. The number of halogens is 3. The van der Waals surface area contributed by atoms with E-state index in [4.69, 9.17) is 0 Å². The van der Waals surface area contributed by atoms with E-state index in [-0.39, 0.29) is 11.7 Å². The molecule has 0 spiro atoms. The van der Waals surface area contributed by atoms with Crippen molar-refractivity contribution in [2.45, 2.75) is 0 Å². The van der Waals surface area contributed by atoms with Crippen LogP contribution in [0.25, 0.3) is 0 Å². The average Bonchev–Trinajstić information content (AvgIpc) is 2.42. The van der Waals surface area contributed by atoms with Crippen LogP contribution in [0, 0.1) is 5.82 Å². The van der Waals surface area contributed by atoms with Crippen molar-refractivity contribution in [1.82, 2.24) is 5.43 Å². The van der Waals surface area contributed by atoms with Crippen LogP contribution in [0.4, 0.5) is 4.39 Å². The van der Waals surface area contributed by atoms with Gasteiger partial charge in [-0.05, 0) is 51.8 Å². The number of carbonyl (C=O) groups excluding carboxylic acids is 1. The van der Waals surface area contributed by atoms with Crippen molar-refractivity contribution in [2.75, 3.05) is 0 Å². The predicted molar refractivity (Wildman–Crippen MR) is 83.3 cm³/mol. The van der Waals surface area contributed by atoms with Crippen LogP contribution in [0.5, 0.6) is 0 Å². The summed E-state index contributed by atoms with van der Waals surface area (Å²) in [4.78, 5) is 11.8. The van der Waals surface area contributed by atoms with Gasteiger partial charge >= 0.3 is 0 Å². The number of hydrogen-bond donors (Lipinski definition) is 1. The molecule has 6 heteroatoms. The molecule has 0 unspecified atom stereocenters. The molecule has 0 radical (unpaired) electrons. The highest BCUT2D eigenvalue weighted by molar-refractivity contribution is 9.10. The molecule has 3 nitrogen and oxygen atoms in total. The van der Waals surface area contributed by atoms with Crippen LogP contribution >= 0.6 is 31.9 Å². The molecule has 0 atom stereocenters. The third-order valence-electron chi connectivity index (χ3n) is 2.41. The van der Waals surface area contributed by atoms with Gasteiger partial charge in [0.05, 0.1) is 10.7 Å². The minimum Gasteiger partial charge on any atom is -0.267 e. The lowest BCUT2D eigenvalue weighted by Crippen LogP contribution is -2.17. The molecule has 0 bridgehead atoms. The fourth-order valence-electron chi connectivity index (χ4n) is 1.45. The summed E-state index contributed by atoms with van der Waals surface area (Å²) in [7, 11) is 0. The van der Waals surface area contributed by atoms with Gasteiger partial charge in [0.1, 0.15) is 5.82 Å². The van der Waals surface area contributed by atoms with Crippen molar-refractivity contribution in [1.29, 1.82) is 0 Å². The summed E-state index contributed by atoms with van der Waals surface area (Å²) in [5.41, 5.74) is 3.58. The zero-order chi connectivity index (χ0) is 14.5. The van der Waals surface area contributed by atoms with Crippen LogP contribution in [0.1, 0.15) is 15.9 Å². The van der Waals surface area contributed by atoms with E-state index in [0.717, 1.165) is 4.47 Å². The van der Waals surface area contributed by atoms with Gasteiger partial charge in [-0.25, -0.2) is 9.82 Å². The quantitative estimate of drug-likeness (QED) is 0.612. The van der Waals surface area contributed by atoms with Gasteiger partial charge < -0.3 is 0 Å². The Morgan fingerprint density at radius 3 is 2.70 bits per heavy atom. The average molecular weight is 400 g/mol. The molecule has 2 rings (SSSR count). The number of nitrogens with one attached hydrogen (secondary N) is 1. The van der Waals surface area contributed by atoms with Crippen LogP contribution in [-0.4, -0.2) is 12.1 Å². The van der Waals surface area contributed by atoms with Gasteiger partial charge in [0.2, 0.25) is 0 Å². The molecule has 1 amide bonds. The Hall–Kier alpha value is -1.53. The molecule has 0 fully saturated rings. The number of carbonyl (C=O) groups is 1. The van der Waals surface area contributed by atoms with E-state index >= 15 is 0 Å². The molecular weight excluding hydrogens is 391 g/mol. The highest BCUT2D eigenvalue weighted by Crippen LogP contribution is 2.15. The normalized spacial score (nSPS) is 10.8. The number of rotatable bonds is 3. The second kappa shape index (κ2) is 6.76. The maximum atomic E-state index is 13.0. The van der Waals surface area contributed by atoms with Gasteiger partial charge in [-0.3, -0.25) is 4.79 Å². The number of nitrogens with zero attached hydrogens (tertiary/aromatic N) is 1. The molecule has 0 aromatic heterocycles. The fourth-order valence-corrected chi connectivity index (χ4v) is 2.25. The first-order chi connectivity index (χ1) is 9.56. The van der Waals surface area contributed by atoms with E-state index in [2.05, 4.69) is 42.4 Å². The predicted octanol–water partition coefficient (Wildman–Crippen LogP) is 4.11. The number of hydrogen-bond acceptors (Lipinski definition) is 2. The third-order valence-corrected chi connectivity index (χ3v) is 3.51. The van der Waals surface area contributed by atoms with Crippen molar-refractivity contribution in [3.63, 3.8) is 0 Å². The van der Waals surface area contributed by atoms with Gasteiger partial charge in [-0.2, -0.15) is 5.10 Å². The van der Waals surface area contributed by atoms with Crippen LogP contribution in [0.2, 0.25) is 0 Å². The van der Waals surface area contributed by atoms with E-state index in [9.17, 15) is 9.18 Å². The topological polar surface area (TPSA) is 41.5 Å². The molecule has 0 heterocycles. The van der Waals surface area contributed by atoms with Crippen LogP contribution in [0.15, 0.2) is 56.5 Å². The minimum atomic E-state index is -0.347. The van der Waals surface area contributed by atoms with E-state index < -0.39 is 0 Å². The Labute approximate surface area is 132 Å². The Balaban J connectivity index is 2.02. The maximum absolute atomic E-state index is 13.0. The van der Waals surface area contributed by atoms with Crippen molar-refractivity contribution in [3.05, 3.63) is 68.4 Å². The summed E-state index contributed by atoms with van der Waals surface area (Å²) >= 11 is 6.37. The summed E-state index contributed by atoms with van der Waals surface area (Å²) < 4.78 is 14.2. The summed E-state index contributed by atoms with van der Waals surface area (Å²) in [6.07, 6.45) is 1.44. The lowest BCUT2D eigenvalue weighted by molar-refractivity contribution is 0.0955. The van der Waals surface area contributed by atoms with Crippen LogP contribution < -0.4 is 5.43 Å². The number of amides is 1. The second-order valence-electron chi connectivity index (χ2n) is 3.88.